The Morgan fingerprint density at radius 1 is 1.05 bits per heavy atom. The molecule has 108 valence electrons. The van der Waals surface area contributed by atoms with Crippen LogP contribution in [0.15, 0.2) is 24.3 Å². The SMILES string of the molecule is CC1(C)OB(c2ccccc2C2CCOC2)OC1(C)C. The van der Waals surface area contributed by atoms with Crippen LogP contribution in [0.25, 0.3) is 0 Å². The topological polar surface area (TPSA) is 27.7 Å². The third kappa shape index (κ3) is 2.30. The Morgan fingerprint density at radius 3 is 2.30 bits per heavy atom. The lowest BCUT2D eigenvalue weighted by molar-refractivity contribution is 0.00578. The van der Waals surface area contributed by atoms with Gasteiger partial charge in [-0.1, -0.05) is 24.3 Å². The van der Waals surface area contributed by atoms with E-state index in [0.717, 1.165) is 25.1 Å². The van der Waals surface area contributed by atoms with Crippen molar-refractivity contribution in [3.05, 3.63) is 29.8 Å². The molecule has 2 aliphatic rings. The zero-order chi connectivity index (χ0) is 14.4. The monoisotopic (exact) mass is 274 g/mol. The average molecular weight is 274 g/mol. The van der Waals surface area contributed by atoms with E-state index < -0.39 is 0 Å². The summed E-state index contributed by atoms with van der Waals surface area (Å²) in [6.07, 6.45) is 1.08. The quantitative estimate of drug-likeness (QED) is 0.775. The van der Waals surface area contributed by atoms with Crippen LogP contribution in [-0.4, -0.2) is 31.5 Å². The van der Waals surface area contributed by atoms with Crippen LogP contribution in [-0.2, 0) is 14.0 Å². The number of benzene rings is 1. The van der Waals surface area contributed by atoms with Crippen LogP contribution in [0.3, 0.4) is 0 Å². The molecule has 2 fully saturated rings. The summed E-state index contributed by atoms with van der Waals surface area (Å²) in [4.78, 5) is 0. The Labute approximate surface area is 121 Å². The molecule has 0 N–H and O–H groups in total. The highest BCUT2D eigenvalue weighted by Gasteiger charge is 2.52. The van der Waals surface area contributed by atoms with Crippen LogP contribution in [0, 0.1) is 0 Å². The van der Waals surface area contributed by atoms with Crippen molar-refractivity contribution in [3.8, 4) is 0 Å². The summed E-state index contributed by atoms with van der Waals surface area (Å²) in [5.41, 5.74) is 1.87. The highest BCUT2D eigenvalue weighted by Crippen LogP contribution is 2.37. The Balaban J connectivity index is 1.92. The standard InChI is InChI=1S/C16H23BO3/c1-15(2)16(3,4)20-17(19-15)14-8-6-5-7-13(14)12-9-10-18-11-12/h5-8,12H,9-11H2,1-4H3. The largest absolute Gasteiger partial charge is 0.495 e. The summed E-state index contributed by atoms with van der Waals surface area (Å²) in [6.45, 7) is 10.0. The van der Waals surface area contributed by atoms with Crippen molar-refractivity contribution in [2.75, 3.05) is 13.2 Å². The first-order valence-electron chi connectivity index (χ1n) is 7.43. The Kier molecular flexibility index (Phi) is 3.43. The minimum Gasteiger partial charge on any atom is -0.399 e. The zero-order valence-corrected chi connectivity index (χ0v) is 12.8. The van der Waals surface area contributed by atoms with Gasteiger partial charge in [0.25, 0.3) is 0 Å². The lowest BCUT2D eigenvalue weighted by Crippen LogP contribution is -2.41. The second-order valence-electron chi connectivity index (χ2n) is 6.78. The van der Waals surface area contributed by atoms with Gasteiger partial charge in [-0.3, -0.25) is 0 Å². The first-order valence-corrected chi connectivity index (χ1v) is 7.43. The number of ether oxygens (including phenoxy) is 1. The summed E-state index contributed by atoms with van der Waals surface area (Å²) >= 11 is 0. The van der Waals surface area contributed by atoms with Crippen molar-refractivity contribution in [1.29, 1.82) is 0 Å². The van der Waals surface area contributed by atoms with Gasteiger partial charge in [-0.25, -0.2) is 0 Å². The third-order valence-corrected chi connectivity index (χ3v) is 4.87. The van der Waals surface area contributed by atoms with Gasteiger partial charge in [-0.2, -0.15) is 0 Å². The maximum Gasteiger partial charge on any atom is 0.495 e. The summed E-state index contributed by atoms with van der Waals surface area (Å²) in [5.74, 6) is 0.463. The van der Waals surface area contributed by atoms with Crippen LogP contribution < -0.4 is 5.46 Å². The summed E-state index contributed by atoms with van der Waals surface area (Å²) in [5, 5.41) is 0. The lowest BCUT2D eigenvalue weighted by atomic mass is 9.73. The van der Waals surface area contributed by atoms with Gasteiger partial charge in [0.2, 0.25) is 0 Å². The maximum absolute atomic E-state index is 6.19. The van der Waals surface area contributed by atoms with Crippen molar-refractivity contribution in [3.63, 3.8) is 0 Å². The fraction of sp³-hybridized carbons (Fsp3) is 0.625. The first-order chi connectivity index (χ1) is 9.41. The molecule has 0 aliphatic carbocycles. The molecule has 0 saturated carbocycles. The van der Waals surface area contributed by atoms with Gasteiger partial charge >= 0.3 is 7.12 Å². The molecule has 20 heavy (non-hydrogen) atoms. The maximum atomic E-state index is 6.19. The van der Waals surface area contributed by atoms with E-state index in [-0.39, 0.29) is 18.3 Å². The molecule has 1 unspecified atom stereocenters. The van der Waals surface area contributed by atoms with Gasteiger partial charge in [0, 0.05) is 12.5 Å². The molecule has 1 aromatic rings. The predicted molar refractivity (Wildman–Crippen MR) is 80.3 cm³/mol. The van der Waals surface area contributed by atoms with Gasteiger partial charge in [-0.15, -0.1) is 0 Å². The van der Waals surface area contributed by atoms with Gasteiger partial charge in [-0.05, 0) is 45.1 Å². The van der Waals surface area contributed by atoms with E-state index in [9.17, 15) is 0 Å². The van der Waals surface area contributed by atoms with Crippen LogP contribution in [0.5, 0.6) is 0 Å². The van der Waals surface area contributed by atoms with E-state index in [2.05, 4.69) is 52.0 Å². The highest BCUT2D eigenvalue weighted by molar-refractivity contribution is 6.62. The van der Waals surface area contributed by atoms with E-state index in [1.807, 2.05) is 0 Å². The van der Waals surface area contributed by atoms with Crippen molar-refractivity contribution in [2.24, 2.45) is 0 Å². The molecule has 0 aromatic heterocycles. The van der Waals surface area contributed by atoms with E-state index >= 15 is 0 Å². The van der Waals surface area contributed by atoms with Crippen molar-refractivity contribution in [2.45, 2.75) is 51.2 Å². The number of hydrogen-bond acceptors (Lipinski definition) is 3. The molecule has 2 aliphatic heterocycles. The highest BCUT2D eigenvalue weighted by atomic mass is 16.7. The smallest absolute Gasteiger partial charge is 0.399 e. The minimum atomic E-state index is -0.295. The molecule has 1 atom stereocenters. The summed E-state index contributed by atoms with van der Waals surface area (Å²) < 4.78 is 17.9. The molecule has 0 bridgehead atoms. The van der Waals surface area contributed by atoms with Crippen LogP contribution in [0.1, 0.15) is 45.6 Å². The van der Waals surface area contributed by atoms with E-state index in [0.29, 0.717) is 5.92 Å². The molecule has 2 heterocycles. The molecule has 0 spiro atoms. The van der Waals surface area contributed by atoms with Crippen molar-refractivity contribution in [1.82, 2.24) is 0 Å². The fourth-order valence-corrected chi connectivity index (χ4v) is 2.85. The van der Waals surface area contributed by atoms with Gasteiger partial charge in [0.05, 0.1) is 17.8 Å². The van der Waals surface area contributed by atoms with E-state index in [4.69, 9.17) is 14.0 Å². The Hall–Kier alpha value is -0.835. The molecular weight excluding hydrogens is 251 g/mol. The number of rotatable bonds is 2. The van der Waals surface area contributed by atoms with Crippen molar-refractivity contribution < 1.29 is 14.0 Å². The zero-order valence-electron chi connectivity index (χ0n) is 12.8. The van der Waals surface area contributed by atoms with Crippen molar-refractivity contribution >= 4 is 12.6 Å². The Bertz CT molecular complexity index is 476. The molecule has 0 radical (unpaired) electrons. The molecule has 2 saturated heterocycles. The van der Waals surface area contributed by atoms with Crippen LogP contribution in [0.4, 0.5) is 0 Å². The van der Waals surface area contributed by atoms with E-state index in [1.54, 1.807) is 0 Å². The molecule has 1 aromatic carbocycles. The second-order valence-corrected chi connectivity index (χ2v) is 6.78. The second kappa shape index (κ2) is 4.87. The molecule has 0 amide bonds. The third-order valence-electron chi connectivity index (χ3n) is 4.87. The minimum absolute atomic E-state index is 0.281. The van der Waals surface area contributed by atoms with Gasteiger partial charge in [0.15, 0.2) is 0 Å². The molecule has 3 rings (SSSR count). The number of hydrogen-bond donors (Lipinski definition) is 0. The van der Waals surface area contributed by atoms with Crippen LogP contribution >= 0.6 is 0 Å². The molecule has 3 nitrogen and oxygen atoms in total. The first kappa shape index (κ1) is 14.1. The average Bonchev–Trinajstić information content (AvgIpc) is 2.97. The fourth-order valence-electron chi connectivity index (χ4n) is 2.85. The van der Waals surface area contributed by atoms with Gasteiger partial charge < -0.3 is 14.0 Å². The predicted octanol–water partition coefficient (Wildman–Crippen LogP) is 2.49. The van der Waals surface area contributed by atoms with E-state index in [1.165, 1.54) is 5.56 Å². The molecule has 4 heteroatoms. The lowest BCUT2D eigenvalue weighted by Gasteiger charge is -2.32. The molecular formula is C16H23BO3. The Morgan fingerprint density at radius 2 is 1.70 bits per heavy atom. The van der Waals surface area contributed by atoms with Crippen LogP contribution in [0.2, 0.25) is 0 Å². The van der Waals surface area contributed by atoms with Gasteiger partial charge in [0.1, 0.15) is 0 Å². The summed E-state index contributed by atoms with van der Waals surface area (Å²) in [7, 11) is -0.281. The summed E-state index contributed by atoms with van der Waals surface area (Å²) in [6, 6.07) is 8.44. The normalized spacial score (nSPS) is 28.0.